The number of nitrogens with one attached hydrogen (secondary N) is 1. The third-order valence-corrected chi connectivity index (χ3v) is 3.37. The maximum Gasteiger partial charge on any atom is 0.0469 e. The Hall–Kier alpha value is -0.0800. The van der Waals surface area contributed by atoms with Crippen molar-refractivity contribution >= 4 is 0 Å². The Balaban J connectivity index is 1.89. The first-order valence-electron chi connectivity index (χ1n) is 5.19. The molecule has 2 aliphatic rings. The van der Waals surface area contributed by atoms with Gasteiger partial charge in [-0.25, -0.2) is 0 Å². The highest BCUT2D eigenvalue weighted by atomic mass is 16.5. The van der Waals surface area contributed by atoms with E-state index in [9.17, 15) is 0 Å². The predicted molar refractivity (Wildman–Crippen MR) is 49.1 cm³/mol. The zero-order valence-electron chi connectivity index (χ0n) is 7.88. The first-order chi connectivity index (χ1) is 5.88. The minimum absolute atomic E-state index is 0.786. The molecule has 0 saturated carbocycles. The van der Waals surface area contributed by atoms with Crippen molar-refractivity contribution in [2.24, 2.45) is 11.8 Å². The molecule has 0 aromatic carbocycles. The summed E-state index contributed by atoms with van der Waals surface area (Å²) in [6.45, 7) is 5.56. The third-order valence-electron chi connectivity index (χ3n) is 3.37. The van der Waals surface area contributed by atoms with Crippen LogP contribution in [0.4, 0.5) is 0 Å². The standard InChI is InChI=1S/C10H19NO/c1-8-2-5-11-10(8)9-3-6-12-7-4-9/h8-11H,2-7H2,1H3. The molecule has 2 saturated heterocycles. The van der Waals surface area contributed by atoms with Crippen LogP contribution in [0.25, 0.3) is 0 Å². The van der Waals surface area contributed by atoms with Crippen LogP contribution in [-0.2, 0) is 4.74 Å². The molecule has 2 heterocycles. The van der Waals surface area contributed by atoms with E-state index < -0.39 is 0 Å². The molecule has 0 aliphatic carbocycles. The van der Waals surface area contributed by atoms with E-state index in [1.165, 1.54) is 25.8 Å². The normalized spacial score (nSPS) is 38.8. The van der Waals surface area contributed by atoms with E-state index in [-0.39, 0.29) is 0 Å². The van der Waals surface area contributed by atoms with Crippen LogP contribution in [0.3, 0.4) is 0 Å². The Bertz CT molecular complexity index is 143. The Labute approximate surface area is 74.7 Å². The highest BCUT2D eigenvalue weighted by molar-refractivity contribution is 4.87. The van der Waals surface area contributed by atoms with Gasteiger partial charge in [-0.3, -0.25) is 0 Å². The van der Waals surface area contributed by atoms with E-state index in [2.05, 4.69) is 12.2 Å². The molecule has 0 spiro atoms. The van der Waals surface area contributed by atoms with Crippen molar-refractivity contribution in [2.75, 3.05) is 19.8 Å². The lowest BCUT2D eigenvalue weighted by Gasteiger charge is -2.30. The molecule has 1 N–H and O–H groups in total. The minimum atomic E-state index is 0.786. The monoisotopic (exact) mass is 169 g/mol. The second-order valence-corrected chi connectivity index (χ2v) is 4.20. The molecule has 2 nitrogen and oxygen atoms in total. The average molecular weight is 169 g/mol. The molecule has 2 unspecified atom stereocenters. The van der Waals surface area contributed by atoms with Gasteiger partial charge in [0, 0.05) is 19.3 Å². The molecule has 0 aromatic rings. The molecule has 0 amide bonds. The lowest BCUT2D eigenvalue weighted by Crippen LogP contribution is -2.37. The summed E-state index contributed by atoms with van der Waals surface area (Å²) in [5.41, 5.74) is 0. The van der Waals surface area contributed by atoms with Gasteiger partial charge in [-0.15, -0.1) is 0 Å². The summed E-state index contributed by atoms with van der Waals surface area (Å²) in [5, 5.41) is 3.62. The summed E-state index contributed by atoms with van der Waals surface area (Å²) in [7, 11) is 0. The van der Waals surface area contributed by atoms with Crippen LogP contribution >= 0.6 is 0 Å². The minimum Gasteiger partial charge on any atom is -0.381 e. The zero-order valence-corrected chi connectivity index (χ0v) is 7.88. The van der Waals surface area contributed by atoms with Gasteiger partial charge in [-0.1, -0.05) is 6.92 Å². The van der Waals surface area contributed by atoms with Crippen LogP contribution in [0.2, 0.25) is 0 Å². The SMILES string of the molecule is CC1CCNC1C1CCOCC1. The fourth-order valence-corrected chi connectivity index (χ4v) is 2.56. The van der Waals surface area contributed by atoms with Crippen LogP contribution in [0, 0.1) is 11.8 Å². The number of rotatable bonds is 1. The Kier molecular flexibility index (Phi) is 2.66. The Morgan fingerprint density at radius 1 is 1.17 bits per heavy atom. The van der Waals surface area contributed by atoms with E-state index >= 15 is 0 Å². The van der Waals surface area contributed by atoms with Crippen molar-refractivity contribution in [1.82, 2.24) is 5.32 Å². The van der Waals surface area contributed by atoms with E-state index in [0.29, 0.717) is 0 Å². The van der Waals surface area contributed by atoms with Gasteiger partial charge in [0.15, 0.2) is 0 Å². The van der Waals surface area contributed by atoms with Crippen molar-refractivity contribution in [3.8, 4) is 0 Å². The molecule has 2 rings (SSSR count). The van der Waals surface area contributed by atoms with Gasteiger partial charge in [0.2, 0.25) is 0 Å². The van der Waals surface area contributed by atoms with Crippen LogP contribution < -0.4 is 5.32 Å². The molecule has 2 heteroatoms. The highest BCUT2D eigenvalue weighted by Crippen LogP contribution is 2.28. The Morgan fingerprint density at radius 3 is 2.50 bits per heavy atom. The third kappa shape index (κ3) is 1.64. The van der Waals surface area contributed by atoms with Gasteiger partial charge in [-0.2, -0.15) is 0 Å². The maximum absolute atomic E-state index is 5.37. The summed E-state index contributed by atoms with van der Waals surface area (Å²) < 4.78 is 5.37. The largest absolute Gasteiger partial charge is 0.381 e. The van der Waals surface area contributed by atoms with Gasteiger partial charge in [0.25, 0.3) is 0 Å². The first-order valence-corrected chi connectivity index (χ1v) is 5.19. The van der Waals surface area contributed by atoms with E-state index in [0.717, 1.165) is 31.1 Å². The topological polar surface area (TPSA) is 21.3 Å². The van der Waals surface area contributed by atoms with Crippen LogP contribution in [0.5, 0.6) is 0 Å². The number of hydrogen-bond acceptors (Lipinski definition) is 2. The summed E-state index contributed by atoms with van der Waals surface area (Å²) in [5.74, 6) is 1.77. The molecule has 70 valence electrons. The fourth-order valence-electron chi connectivity index (χ4n) is 2.56. The Morgan fingerprint density at radius 2 is 1.92 bits per heavy atom. The number of hydrogen-bond donors (Lipinski definition) is 1. The van der Waals surface area contributed by atoms with E-state index in [4.69, 9.17) is 4.74 Å². The second kappa shape index (κ2) is 3.75. The molecular weight excluding hydrogens is 150 g/mol. The van der Waals surface area contributed by atoms with E-state index in [1.54, 1.807) is 0 Å². The summed E-state index contributed by atoms with van der Waals surface area (Å²) >= 11 is 0. The van der Waals surface area contributed by atoms with Crippen LogP contribution in [0.15, 0.2) is 0 Å². The molecule has 2 aliphatic heterocycles. The van der Waals surface area contributed by atoms with Gasteiger partial charge >= 0.3 is 0 Å². The van der Waals surface area contributed by atoms with Gasteiger partial charge in [0.05, 0.1) is 0 Å². The smallest absolute Gasteiger partial charge is 0.0469 e. The van der Waals surface area contributed by atoms with Gasteiger partial charge < -0.3 is 10.1 Å². The first kappa shape index (κ1) is 8.52. The lowest BCUT2D eigenvalue weighted by molar-refractivity contribution is 0.0514. The molecule has 0 bridgehead atoms. The summed E-state index contributed by atoms with van der Waals surface area (Å²) in [6, 6.07) is 0.786. The average Bonchev–Trinajstić information content (AvgIpc) is 2.53. The van der Waals surface area contributed by atoms with Crippen molar-refractivity contribution in [3.05, 3.63) is 0 Å². The molecule has 12 heavy (non-hydrogen) atoms. The second-order valence-electron chi connectivity index (χ2n) is 4.20. The summed E-state index contributed by atoms with van der Waals surface area (Å²) in [6.07, 6.45) is 3.89. The molecule has 0 aromatic heterocycles. The highest BCUT2D eigenvalue weighted by Gasteiger charge is 2.31. The summed E-state index contributed by atoms with van der Waals surface area (Å²) in [4.78, 5) is 0. The molecule has 2 fully saturated rings. The van der Waals surface area contributed by atoms with Crippen LogP contribution in [0.1, 0.15) is 26.2 Å². The number of ether oxygens (including phenoxy) is 1. The van der Waals surface area contributed by atoms with Crippen molar-refractivity contribution in [3.63, 3.8) is 0 Å². The van der Waals surface area contributed by atoms with Gasteiger partial charge in [0.1, 0.15) is 0 Å². The predicted octanol–water partition coefficient (Wildman–Crippen LogP) is 1.41. The maximum atomic E-state index is 5.37. The lowest BCUT2D eigenvalue weighted by atomic mass is 9.85. The fraction of sp³-hybridized carbons (Fsp3) is 1.00. The van der Waals surface area contributed by atoms with E-state index in [1.807, 2.05) is 0 Å². The quantitative estimate of drug-likeness (QED) is 0.641. The van der Waals surface area contributed by atoms with Crippen molar-refractivity contribution < 1.29 is 4.74 Å². The van der Waals surface area contributed by atoms with Crippen molar-refractivity contribution in [2.45, 2.75) is 32.2 Å². The van der Waals surface area contributed by atoms with Crippen molar-refractivity contribution in [1.29, 1.82) is 0 Å². The molecule has 0 radical (unpaired) electrons. The van der Waals surface area contributed by atoms with Crippen LogP contribution in [-0.4, -0.2) is 25.8 Å². The zero-order chi connectivity index (χ0) is 8.39. The molecule has 2 atom stereocenters. The molecular formula is C10H19NO. The van der Waals surface area contributed by atoms with Gasteiger partial charge in [-0.05, 0) is 37.6 Å².